The van der Waals surface area contributed by atoms with Crippen LogP contribution < -0.4 is 4.90 Å². The summed E-state index contributed by atoms with van der Waals surface area (Å²) in [5, 5.41) is 0. The summed E-state index contributed by atoms with van der Waals surface area (Å²) >= 11 is 0. The fourth-order valence-electron chi connectivity index (χ4n) is 4.36. The van der Waals surface area contributed by atoms with Gasteiger partial charge in [-0.2, -0.15) is 0 Å². The fourth-order valence-corrected chi connectivity index (χ4v) is 4.36. The molecule has 0 aromatic heterocycles. The van der Waals surface area contributed by atoms with Crippen molar-refractivity contribution in [3.05, 3.63) is 64.7 Å². The predicted molar refractivity (Wildman–Crippen MR) is 122 cm³/mol. The summed E-state index contributed by atoms with van der Waals surface area (Å²) in [7, 11) is 0. The number of morpholine rings is 1. The van der Waals surface area contributed by atoms with E-state index in [2.05, 4.69) is 9.89 Å². The summed E-state index contributed by atoms with van der Waals surface area (Å²) in [6, 6.07) is 13.2. The number of para-hydroxylation sites is 1. The summed E-state index contributed by atoms with van der Waals surface area (Å²) in [5.74, 6) is -1.07. The number of hydrogen-bond acceptors (Lipinski definition) is 5. The van der Waals surface area contributed by atoms with Gasteiger partial charge in [0.1, 0.15) is 0 Å². The lowest BCUT2D eigenvalue weighted by Gasteiger charge is -2.32. The maximum Gasteiger partial charge on any atom is 0.265 e. The molecule has 0 spiro atoms. The molecule has 2 amide bonds. The van der Waals surface area contributed by atoms with E-state index < -0.39 is 5.92 Å². The van der Waals surface area contributed by atoms with Gasteiger partial charge in [0, 0.05) is 38.0 Å². The highest BCUT2D eigenvalue weighted by atomic mass is 16.5. The van der Waals surface area contributed by atoms with Crippen molar-refractivity contribution < 1.29 is 14.3 Å². The van der Waals surface area contributed by atoms with Crippen LogP contribution in [0.15, 0.2) is 47.5 Å². The van der Waals surface area contributed by atoms with E-state index in [4.69, 9.17) is 4.74 Å². The van der Waals surface area contributed by atoms with E-state index in [1.807, 2.05) is 50.2 Å². The summed E-state index contributed by atoms with van der Waals surface area (Å²) in [5.41, 5.74) is 3.79. The number of imide groups is 1. The Bertz CT molecular complexity index is 975. The van der Waals surface area contributed by atoms with Crippen molar-refractivity contribution in [2.45, 2.75) is 26.2 Å². The molecule has 4 rings (SSSR count). The molecule has 2 aliphatic rings. The Hall–Kier alpha value is -2.83. The first-order valence-electron chi connectivity index (χ1n) is 10.9. The molecule has 1 saturated heterocycles. The van der Waals surface area contributed by atoms with Gasteiger partial charge in [0.15, 0.2) is 0 Å². The molecule has 6 nitrogen and oxygen atoms in total. The molecule has 0 N–H and O–H groups in total. The number of carbonyl (C=O) groups excluding carboxylic acids is 2. The maximum absolute atomic E-state index is 13.5. The highest BCUT2D eigenvalue weighted by Crippen LogP contribution is 2.35. The van der Waals surface area contributed by atoms with Gasteiger partial charge < -0.3 is 4.74 Å². The van der Waals surface area contributed by atoms with Gasteiger partial charge in [-0.05, 0) is 43.0 Å². The number of nitrogens with zero attached hydrogens (tertiary/aromatic N) is 3. The molecule has 0 radical (unpaired) electrons. The zero-order valence-electron chi connectivity index (χ0n) is 18.2. The van der Waals surface area contributed by atoms with Crippen molar-refractivity contribution in [2.24, 2.45) is 4.99 Å². The molecule has 6 heteroatoms. The molecule has 1 atom stereocenters. The molecule has 0 saturated carbocycles. The van der Waals surface area contributed by atoms with Gasteiger partial charge in [0.2, 0.25) is 5.91 Å². The number of anilines is 1. The number of rotatable bonds is 6. The molecule has 2 aromatic carbocycles. The maximum atomic E-state index is 13.5. The summed E-state index contributed by atoms with van der Waals surface area (Å²) in [6.07, 6.45) is 2.66. The molecular formula is C25H29N3O3. The Balaban J connectivity index is 1.55. The monoisotopic (exact) mass is 419 g/mol. The number of aliphatic imine (C=N–C) groups is 1. The Morgan fingerprint density at radius 1 is 1.03 bits per heavy atom. The van der Waals surface area contributed by atoms with Crippen LogP contribution in [0.2, 0.25) is 0 Å². The molecule has 31 heavy (non-hydrogen) atoms. The Morgan fingerprint density at radius 2 is 1.74 bits per heavy atom. The van der Waals surface area contributed by atoms with Gasteiger partial charge in [0.25, 0.3) is 5.91 Å². The average Bonchev–Trinajstić information content (AvgIpc) is 2.78. The number of benzene rings is 2. The SMILES string of the molecule is Cc1cccc(C)c1N1C(=O)c2ccccc2[C@@H](C=NCCCN2CCOCC2)C1=O. The molecular weight excluding hydrogens is 390 g/mol. The Kier molecular flexibility index (Phi) is 6.59. The van der Waals surface area contributed by atoms with Crippen LogP contribution in [0, 0.1) is 13.8 Å². The fraction of sp³-hybridized carbons (Fsp3) is 0.400. The van der Waals surface area contributed by atoms with Crippen LogP contribution in [0.5, 0.6) is 0 Å². The van der Waals surface area contributed by atoms with Gasteiger partial charge in [-0.1, -0.05) is 36.4 Å². The highest BCUT2D eigenvalue weighted by molar-refractivity contribution is 6.29. The largest absolute Gasteiger partial charge is 0.379 e. The van der Waals surface area contributed by atoms with Gasteiger partial charge in [-0.3, -0.25) is 19.5 Å². The minimum absolute atomic E-state index is 0.238. The number of carbonyl (C=O) groups is 2. The Labute approximate surface area is 183 Å². The molecule has 2 aromatic rings. The van der Waals surface area contributed by atoms with Crippen LogP contribution >= 0.6 is 0 Å². The zero-order valence-corrected chi connectivity index (χ0v) is 18.2. The van der Waals surface area contributed by atoms with Crippen LogP contribution in [-0.2, 0) is 9.53 Å². The third kappa shape index (κ3) is 4.45. The first-order valence-corrected chi connectivity index (χ1v) is 10.9. The van der Waals surface area contributed by atoms with Gasteiger partial charge >= 0.3 is 0 Å². The van der Waals surface area contributed by atoms with Crippen LogP contribution in [0.25, 0.3) is 0 Å². The van der Waals surface area contributed by atoms with Crippen molar-refractivity contribution >= 4 is 23.7 Å². The first kappa shape index (κ1) is 21.4. The molecule has 2 heterocycles. The zero-order chi connectivity index (χ0) is 21.8. The minimum Gasteiger partial charge on any atom is -0.379 e. The Morgan fingerprint density at radius 3 is 2.48 bits per heavy atom. The lowest BCUT2D eigenvalue weighted by Crippen LogP contribution is -2.46. The smallest absolute Gasteiger partial charge is 0.265 e. The second-order valence-corrected chi connectivity index (χ2v) is 8.15. The van der Waals surface area contributed by atoms with Gasteiger partial charge in [-0.15, -0.1) is 0 Å². The third-order valence-electron chi connectivity index (χ3n) is 6.00. The highest BCUT2D eigenvalue weighted by Gasteiger charge is 2.39. The first-order chi connectivity index (χ1) is 15.1. The van der Waals surface area contributed by atoms with E-state index >= 15 is 0 Å². The molecule has 2 aliphatic heterocycles. The second kappa shape index (κ2) is 9.54. The van der Waals surface area contributed by atoms with E-state index in [0.29, 0.717) is 17.8 Å². The second-order valence-electron chi connectivity index (χ2n) is 8.15. The number of amides is 2. The van der Waals surface area contributed by atoms with Crippen molar-refractivity contribution in [1.29, 1.82) is 0 Å². The normalized spacial score (nSPS) is 19.8. The summed E-state index contributed by atoms with van der Waals surface area (Å²) in [4.78, 5) is 35.1. The van der Waals surface area contributed by atoms with Crippen LogP contribution in [0.3, 0.4) is 0 Å². The topological polar surface area (TPSA) is 62.2 Å². The van der Waals surface area contributed by atoms with Crippen molar-refractivity contribution in [2.75, 3.05) is 44.3 Å². The van der Waals surface area contributed by atoms with Crippen LogP contribution in [0.1, 0.15) is 39.4 Å². The lowest BCUT2D eigenvalue weighted by molar-refractivity contribution is -0.118. The van der Waals surface area contributed by atoms with E-state index in [1.165, 1.54) is 4.90 Å². The standard InChI is InChI=1S/C25H29N3O3/c1-18-7-5-8-19(2)23(18)28-24(29)21-10-4-3-9-20(21)22(25(28)30)17-26-11-6-12-27-13-15-31-16-14-27/h3-5,7-10,17,22H,6,11-16H2,1-2H3/t22-/m1/s1. The van der Waals surface area contributed by atoms with Crippen LogP contribution in [0.4, 0.5) is 5.69 Å². The molecule has 0 unspecified atom stereocenters. The average molecular weight is 420 g/mol. The molecule has 162 valence electrons. The van der Waals surface area contributed by atoms with Gasteiger partial charge in [0.05, 0.1) is 24.8 Å². The van der Waals surface area contributed by atoms with E-state index in [-0.39, 0.29) is 11.8 Å². The lowest BCUT2D eigenvalue weighted by atomic mass is 9.88. The quantitative estimate of drug-likeness (QED) is 0.409. The van der Waals surface area contributed by atoms with E-state index in [0.717, 1.165) is 56.0 Å². The van der Waals surface area contributed by atoms with Crippen molar-refractivity contribution in [1.82, 2.24) is 4.90 Å². The minimum atomic E-state index is -0.559. The predicted octanol–water partition coefficient (Wildman–Crippen LogP) is 3.37. The van der Waals surface area contributed by atoms with E-state index in [9.17, 15) is 9.59 Å². The number of ether oxygens (including phenoxy) is 1. The van der Waals surface area contributed by atoms with Crippen molar-refractivity contribution in [3.63, 3.8) is 0 Å². The summed E-state index contributed by atoms with van der Waals surface area (Å²) < 4.78 is 5.38. The van der Waals surface area contributed by atoms with Gasteiger partial charge in [-0.25, -0.2) is 4.90 Å². The number of hydrogen-bond donors (Lipinski definition) is 0. The van der Waals surface area contributed by atoms with E-state index in [1.54, 1.807) is 12.3 Å². The number of aryl methyl sites for hydroxylation is 2. The molecule has 0 aliphatic carbocycles. The summed E-state index contributed by atoms with van der Waals surface area (Å²) in [6.45, 7) is 8.99. The number of fused-ring (bicyclic) bond motifs is 1. The molecule has 1 fully saturated rings. The van der Waals surface area contributed by atoms with Crippen molar-refractivity contribution in [3.8, 4) is 0 Å². The van der Waals surface area contributed by atoms with Crippen LogP contribution in [-0.4, -0.2) is 62.3 Å². The third-order valence-corrected chi connectivity index (χ3v) is 6.00. The molecule has 0 bridgehead atoms.